The molecule has 144 valence electrons. The van der Waals surface area contributed by atoms with E-state index in [1.54, 1.807) is 0 Å². The van der Waals surface area contributed by atoms with Crippen LogP contribution in [-0.2, 0) is 9.59 Å². The smallest absolute Gasteiger partial charge is 0.311 e. The molecule has 4 nitrogen and oxygen atoms in total. The maximum Gasteiger partial charge on any atom is 0.311 e. The summed E-state index contributed by atoms with van der Waals surface area (Å²) in [6.45, 7) is 3.99. The van der Waals surface area contributed by atoms with Gasteiger partial charge in [-0.05, 0) is 51.0 Å². The van der Waals surface area contributed by atoms with E-state index in [1.165, 1.54) is 0 Å². The van der Waals surface area contributed by atoms with Crippen LogP contribution in [0.15, 0.2) is 48.5 Å². The number of carbonyl (C=O) groups is 2. The van der Waals surface area contributed by atoms with E-state index in [2.05, 4.69) is 0 Å². The number of esters is 2. The van der Waals surface area contributed by atoms with Crippen LogP contribution in [0.1, 0.15) is 56.1 Å². The molecule has 0 aliphatic carbocycles. The van der Waals surface area contributed by atoms with Crippen LogP contribution in [0.4, 0.5) is 0 Å². The molecule has 4 heteroatoms. The van der Waals surface area contributed by atoms with Crippen LogP contribution >= 0.6 is 0 Å². The molecular weight excluding hydrogens is 340 g/mol. The minimum atomic E-state index is -0.194. The van der Waals surface area contributed by atoms with Crippen molar-refractivity contribution in [1.82, 2.24) is 0 Å². The summed E-state index contributed by atoms with van der Waals surface area (Å²) in [7, 11) is 0. The topological polar surface area (TPSA) is 52.6 Å². The molecule has 0 fully saturated rings. The summed E-state index contributed by atoms with van der Waals surface area (Å²) in [5, 5.41) is 0. The Bertz CT molecular complexity index is 654. The molecule has 0 saturated carbocycles. The minimum absolute atomic E-state index is 0.194. The van der Waals surface area contributed by atoms with Gasteiger partial charge in [0.25, 0.3) is 0 Å². The van der Waals surface area contributed by atoms with Crippen molar-refractivity contribution < 1.29 is 19.1 Å². The van der Waals surface area contributed by atoms with Crippen molar-refractivity contribution >= 4 is 11.9 Å². The zero-order valence-electron chi connectivity index (χ0n) is 16.2. The summed E-state index contributed by atoms with van der Waals surface area (Å²) in [6, 6.07) is 14.9. The molecule has 0 N–H and O–H groups in total. The van der Waals surface area contributed by atoms with Gasteiger partial charge in [-0.15, -0.1) is 0 Å². The highest BCUT2D eigenvalue weighted by molar-refractivity contribution is 5.72. The molecule has 0 radical (unpaired) electrons. The third-order valence-corrected chi connectivity index (χ3v) is 4.27. The lowest BCUT2D eigenvalue weighted by atomic mass is 10.1. The second-order valence-corrected chi connectivity index (χ2v) is 6.84. The lowest BCUT2D eigenvalue weighted by Gasteiger charge is -2.05. The van der Waals surface area contributed by atoms with E-state index in [9.17, 15) is 9.59 Å². The molecule has 0 saturated heterocycles. The molecule has 2 aromatic rings. The van der Waals surface area contributed by atoms with Crippen LogP contribution in [0.2, 0.25) is 0 Å². The van der Waals surface area contributed by atoms with E-state index in [4.69, 9.17) is 9.47 Å². The maximum atomic E-state index is 11.8. The Morgan fingerprint density at radius 1 is 0.593 bits per heavy atom. The largest absolute Gasteiger partial charge is 0.427 e. The molecule has 0 aromatic heterocycles. The molecule has 0 atom stereocenters. The Labute approximate surface area is 161 Å². The highest BCUT2D eigenvalue weighted by Crippen LogP contribution is 2.15. The number of benzene rings is 2. The van der Waals surface area contributed by atoms with Crippen LogP contribution in [0.3, 0.4) is 0 Å². The fourth-order valence-electron chi connectivity index (χ4n) is 2.65. The molecule has 0 aliphatic rings. The van der Waals surface area contributed by atoms with Gasteiger partial charge in [-0.3, -0.25) is 9.59 Å². The van der Waals surface area contributed by atoms with Crippen LogP contribution in [0.5, 0.6) is 11.5 Å². The van der Waals surface area contributed by atoms with Gasteiger partial charge in [0.05, 0.1) is 0 Å². The van der Waals surface area contributed by atoms with Crippen molar-refractivity contribution in [3.05, 3.63) is 59.7 Å². The second kappa shape index (κ2) is 11.2. The van der Waals surface area contributed by atoms with Crippen molar-refractivity contribution in [2.24, 2.45) is 0 Å². The van der Waals surface area contributed by atoms with E-state index < -0.39 is 0 Å². The molecule has 0 aliphatic heterocycles. The first-order chi connectivity index (χ1) is 13.0. The molecule has 2 aromatic carbocycles. The monoisotopic (exact) mass is 368 g/mol. The van der Waals surface area contributed by atoms with E-state index in [0.29, 0.717) is 24.3 Å². The number of unbranched alkanes of at least 4 members (excludes halogenated alkanes) is 4. The highest BCUT2D eigenvalue weighted by atomic mass is 16.5. The van der Waals surface area contributed by atoms with Gasteiger partial charge in [0.15, 0.2) is 0 Å². The Hall–Kier alpha value is -2.62. The molecule has 0 unspecified atom stereocenters. The third-order valence-electron chi connectivity index (χ3n) is 4.27. The fraction of sp³-hybridized carbons (Fsp3) is 0.391. The predicted molar refractivity (Wildman–Crippen MR) is 106 cm³/mol. The third kappa shape index (κ3) is 8.54. The van der Waals surface area contributed by atoms with E-state index in [1.807, 2.05) is 62.4 Å². The highest BCUT2D eigenvalue weighted by Gasteiger charge is 2.06. The van der Waals surface area contributed by atoms with Crippen molar-refractivity contribution in [3.8, 4) is 11.5 Å². The fourth-order valence-corrected chi connectivity index (χ4v) is 2.65. The number of carbonyl (C=O) groups excluding carboxylic acids is 2. The number of rotatable bonds is 10. The molecular formula is C23H28O4. The Kier molecular flexibility index (Phi) is 8.56. The maximum absolute atomic E-state index is 11.8. The first-order valence-corrected chi connectivity index (χ1v) is 9.57. The van der Waals surface area contributed by atoms with Gasteiger partial charge in [-0.25, -0.2) is 0 Å². The summed E-state index contributed by atoms with van der Waals surface area (Å²) in [5.41, 5.74) is 2.27. The van der Waals surface area contributed by atoms with Gasteiger partial charge in [-0.1, -0.05) is 54.7 Å². The van der Waals surface area contributed by atoms with Crippen LogP contribution in [0.25, 0.3) is 0 Å². The number of hydrogen-bond acceptors (Lipinski definition) is 4. The second-order valence-electron chi connectivity index (χ2n) is 6.84. The molecule has 0 bridgehead atoms. The van der Waals surface area contributed by atoms with Gasteiger partial charge >= 0.3 is 11.9 Å². The lowest BCUT2D eigenvalue weighted by molar-refractivity contribution is -0.135. The minimum Gasteiger partial charge on any atom is -0.427 e. The molecule has 0 amide bonds. The van der Waals surface area contributed by atoms with Crippen LogP contribution in [0, 0.1) is 13.8 Å². The van der Waals surface area contributed by atoms with Crippen molar-refractivity contribution in [3.63, 3.8) is 0 Å². The Morgan fingerprint density at radius 3 is 1.30 bits per heavy atom. The van der Waals surface area contributed by atoms with Crippen molar-refractivity contribution in [2.75, 3.05) is 0 Å². The number of ether oxygens (including phenoxy) is 2. The number of aryl methyl sites for hydroxylation is 2. The molecule has 2 rings (SSSR count). The Morgan fingerprint density at radius 2 is 0.926 bits per heavy atom. The summed E-state index contributed by atoms with van der Waals surface area (Å²) in [4.78, 5) is 23.6. The zero-order valence-corrected chi connectivity index (χ0v) is 16.2. The van der Waals surface area contributed by atoms with Gasteiger partial charge in [0, 0.05) is 12.8 Å². The first-order valence-electron chi connectivity index (χ1n) is 9.57. The Balaban J connectivity index is 1.49. The predicted octanol–water partition coefficient (Wildman–Crippen LogP) is 5.55. The molecule has 0 heterocycles. The van der Waals surface area contributed by atoms with Gasteiger partial charge in [0.2, 0.25) is 0 Å². The van der Waals surface area contributed by atoms with Gasteiger partial charge < -0.3 is 9.47 Å². The van der Waals surface area contributed by atoms with Gasteiger partial charge in [-0.2, -0.15) is 0 Å². The standard InChI is InChI=1S/C23H28O4/c1-18-10-14-20(15-11-18)26-22(24)8-6-4-3-5-7-9-23(25)27-21-16-12-19(2)13-17-21/h10-17H,3-9H2,1-2H3. The van der Waals surface area contributed by atoms with Crippen LogP contribution < -0.4 is 9.47 Å². The van der Waals surface area contributed by atoms with E-state index in [0.717, 1.165) is 43.2 Å². The zero-order chi connectivity index (χ0) is 19.5. The summed E-state index contributed by atoms with van der Waals surface area (Å²) >= 11 is 0. The first kappa shape index (κ1) is 20.7. The average molecular weight is 368 g/mol. The van der Waals surface area contributed by atoms with Crippen molar-refractivity contribution in [2.45, 2.75) is 58.8 Å². The lowest BCUT2D eigenvalue weighted by Crippen LogP contribution is -2.08. The summed E-state index contributed by atoms with van der Waals surface area (Å²) in [5.74, 6) is 0.802. The molecule has 0 spiro atoms. The SMILES string of the molecule is Cc1ccc(OC(=O)CCCCCCCC(=O)Oc2ccc(C)cc2)cc1. The normalized spacial score (nSPS) is 10.4. The van der Waals surface area contributed by atoms with Crippen LogP contribution in [-0.4, -0.2) is 11.9 Å². The van der Waals surface area contributed by atoms with E-state index in [-0.39, 0.29) is 11.9 Å². The van der Waals surface area contributed by atoms with Crippen molar-refractivity contribution in [1.29, 1.82) is 0 Å². The summed E-state index contributed by atoms with van der Waals surface area (Å²) in [6.07, 6.45) is 5.35. The average Bonchev–Trinajstić information content (AvgIpc) is 2.65. The van der Waals surface area contributed by atoms with Gasteiger partial charge in [0.1, 0.15) is 11.5 Å². The summed E-state index contributed by atoms with van der Waals surface area (Å²) < 4.78 is 10.6. The number of hydrogen-bond donors (Lipinski definition) is 0. The van der Waals surface area contributed by atoms with E-state index >= 15 is 0 Å². The quantitative estimate of drug-likeness (QED) is 0.314. The molecule has 27 heavy (non-hydrogen) atoms.